The van der Waals surface area contributed by atoms with E-state index in [9.17, 15) is 25.1 Å². The van der Waals surface area contributed by atoms with Crippen LogP contribution in [0.4, 0.5) is 0 Å². The van der Waals surface area contributed by atoms with E-state index in [0.29, 0.717) is 31.1 Å². The van der Waals surface area contributed by atoms with Crippen LogP contribution in [0.2, 0.25) is 0 Å². The summed E-state index contributed by atoms with van der Waals surface area (Å²) < 4.78 is 5.52. The number of ether oxygens (including phenoxy) is 1. The summed E-state index contributed by atoms with van der Waals surface area (Å²) in [5, 5.41) is 34.5. The van der Waals surface area contributed by atoms with Crippen LogP contribution in [0.15, 0.2) is 0 Å². The first-order chi connectivity index (χ1) is 14.0. The summed E-state index contributed by atoms with van der Waals surface area (Å²) in [5.74, 6) is 0.775. The topological polar surface area (TPSA) is 110 Å². The summed E-state index contributed by atoms with van der Waals surface area (Å²) in [6.45, 7) is 5.55. The molecule has 30 heavy (non-hydrogen) atoms. The number of rotatable bonds is 4. The highest BCUT2D eigenvalue weighted by atomic mass is 16.6. The van der Waals surface area contributed by atoms with Crippen molar-refractivity contribution in [2.24, 2.45) is 28.6 Å². The molecule has 4 aliphatic carbocycles. The largest absolute Gasteiger partial charge is 0.463 e. The summed E-state index contributed by atoms with van der Waals surface area (Å²) >= 11 is 0. The van der Waals surface area contributed by atoms with Crippen LogP contribution in [-0.4, -0.2) is 45.0 Å². The van der Waals surface area contributed by atoms with Crippen molar-refractivity contribution in [2.45, 2.75) is 102 Å². The molecular formula is C23H37NO6. The van der Waals surface area contributed by atoms with E-state index in [1.54, 1.807) is 0 Å². The molecule has 0 amide bonds. The highest BCUT2D eigenvalue weighted by Crippen LogP contribution is 2.70. The smallest absolute Gasteiger partial charge is 0.302 e. The molecule has 4 saturated carbocycles. The van der Waals surface area contributed by atoms with Crippen LogP contribution in [0.5, 0.6) is 0 Å². The molecule has 0 spiro atoms. The van der Waals surface area contributed by atoms with Gasteiger partial charge in [0, 0.05) is 23.7 Å². The normalized spacial score (nSPS) is 50.2. The Kier molecular flexibility index (Phi) is 5.25. The van der Waals surface area contributed by atoms with Crippen LogP contribution in [0.1, 0.15) is 85.0 Å². The van der Waals surface area contributed by atoms with Gasteiger partial charge in [0.1, 0.15) is 6.10 Å². The lowest BCUT2D eigenvalue weighted by Crippen LogP contribution is -2.65. The molecule has 4 aliphatic rings. The van der Waals surface area contributed by atoms with Gasteiger partial charge in [0.25, 0.3) is 0 Å². The number of esters is 1. The summed E-state index contributed by atoms with van der Waals surface area (Å²) in [6.07, 6.45) is 7.41. The second-order valence-corrected chi connectivity index (χ2v) is 11.1. The summed E-state index contributed by atoms with van der Waals surface area (Å²) in [6, 6.07) is 0. The van der Waals surface area contributed by atoms with Crippen LogP contribution < -0.4 is 0 Å². The molecule has 0 bridgehead atoms. The Morgan fingerprint density at radius 3 is 2.47 bits per heavy atom. The zero-order valence-electron chi connectivity index (χ0n) is 18.6. The number of nitro groups is 1. The molecule has 0 aromatic carbocycles. The number of aliphatic hydroxyl groups is 2. The molecule has 2 unspecified atom stereocenters. The van der Waals surface area contributed by atoms with Crippen LogP contribution in [0, 0.1) is 38.7 Å². The van der Waals surface area contributed by atoms with Gasteiger partial charge in [-0.2, -0.15) is 0 Å². The minimum Gasteiger partial charge on any atom is -0.463 e. The van der Waals surface area contributed by atoms with Crippen molar-refractivity contribution >= 4 is 5.97 Å². The van der Waals surface area contributed by atoms with Crippen molar-refractivity contribution < 1.29 is 24.7 Å². The molecule has 7 heteroatoms. The lowest BCUT2D eigenvalue weighted by Gasteiger charge is -2.64. The van der Waals surface area contributed by atoms with Gasteiger partial charge in [-0.3, -0.25) is 14.9 Å². The fraction of sp³-hybridized carbons (Fsp3) is 0.957. The Balaban J connectivity index is 1.57. The molecule has 0 saturated heterocycles. The lowest BCUT2D eigenvalue weighted by molar-refractivity contribution is -0.485. The van der Waals surface area contributed by atoms with Crippen molar-refractivity contribution in [3.63, 3.8) is 0 Å². The Hall–Kier alpha value is -1.21. The Morgan fingerprint density at radius 1 is 1.07 bits per heavy atom. The monoisotopic (exact) mass is 423 g/mol. The zero-order valence-corrected chi connectivity index (χ0v) is 18.6. The maximum Gasteiger partial charge on any atom is 0.302 e. The van der Waals surface area contributed by atoms with E-state index < -0.39 is 16.6 Å². The highest BCUT2D eigenvalue weighted by molar-refractivity contribution is 5.66. The van der Waals surface area contributed by atoms with Crippen molar-refractivity contribution in [1.82, 2.24) is 0 Å². The average molecular weight is 424 g/mol. The van der Waals surface area contributed by atoms with Crippen molar-refractivity contribution in [1.29, 1.82) is 0 Å². The highest BCUT2D eigenvalue weighted by Gasteiger charge is 2.71. The van der Waals surface area contributed by atoms with Crippen LogP contribution in [0.3, 0.4) is 0 Å². The third kappa shape index (κ3) is 3.02. The van der Waals surface area contributed by atoms with Gasteiger partial charge in [-0.05, 0) is 81.0 Å². The maximum absolute atomic E-state index is 12.0. The molecule has 4 rings (SSSR count). The molecule has 0 radical (unpaired) electrons. The molecule has 170 valence electrons. The molecule has 0 aromatic heterocycles. The Morgan fingerprint density at radius 2 is 1.80 bits per heavy atom. The molecule has 0 aliphatic heterocycles. The Labute approximate surface area is 178 Å². The van der Waals surface area contributed by atoms with Crippen molar-refractivity contribution in [2.75, 3.05) is 6.54 Å². The second-order valence-electron chi connectivity index (χ2n) is 11.1. The van der Waals surface area contributed by atoms with E-state index in [1.807, 2.05) is 6.92 Å². The quantitative estimate of drug-likeness (QED) is 0.407. The maximum atomic E-state index is 12.0. The second kappa shape index (κ2) is 7.16. The molecule has 0 aromatic rings. The van der Waals surface area contributed by atoms with Gasteiger partial charge in [0.05, 0.1) is 11.2 Å². The SMILES string of the molecule is CC(=O)OC1CC[C@@]2(C)C(CC[C@@H]3[C@@H]2CC[C@]2(C)[C@@](O)(CC[N+](=O)[O-])CC[C@@]32O)C1. The number of carbonyl (C=O) groups is 1. The van der Waals surface area contributed by atoms with Crippen LogP contribution >= 0.6 is 0 Å². The number of hydrogen-bond acceptors (Lipinski definition) is 6. The first kappa shape index (κ1) is 22.0. The summed E-state index contributed by atoms with van der Waals surface area (Å²) in [5.41, 5.74) is -2.74. The number of fused-ring (bicyclic) bond motifs is 5. The zero-order chi connectivity index (χ0) is 21.9. The fourth-order valence-electron chi connectivity index (χ4n) is 8.32. The molecule has 8 atom stereocenters. The predicted octanol–water partition coefficient (Wildman–Crippen LogP) is 3.47. The number of nitrogens with zero attached hydrogens (tertiary/aromatic N) is 1. The third-order valence-electron chi connectivity index (χ3n) is 10.2. The lowest BCUT2D eigenvalue weighted by atomic mass is 9.43. The number of carbonyl (C=O) groups excluding carboxylic acids is 1. The van der Waals surface area contributed by atoms with Gasteiger partial charge >= 0.3 is 5.97 Å². The number of hydrogen-bond donors (Lipinski definition) is 2. The standard InChI is InChI=1S/C23H37NO6/c1-15(25)30-17-6-8-20(2)16(14-17)4-5-19-18(20)7-9-21(3)22(26,12-13-24(28)29)10-11-23(19,21)27/h16-19,26-27H,4-14H2,1-3H3/t16?,17?,18-,19+,20-,21+,22-,23+/m0/s1. The van der Waals surface area contributed by atoms with E-state index >= 15 is 0 Å². The van der Waals surface area contributed by atoms with Crippen LogP contribution in [-0.2, 0) is 9.53 Å². The van der Waals surface area contributed by atoms with Gasteiger partial charge in [-0.15, -0.1) is 0 Å². The third-order valence-corrected chi connectivity index (χ3v) is 10.2. The summed E-state index contributed by atoms with van der Waals surface area (Å²) in [4.78, 5) is 22.0. The van der Waals surface area contributed by atoms with Crippen molar-refractivity contribution in [3.05, 3.63) is 10.1 Å². The first-order valence-corrected chi connectivity index (χ1v) is 11.7. The van der Waals surface area contributed by atoms with Gasteiger partial charge < -0.3 is 14.9 Å². The van der Waals surface area contributed by atoms with E-state index in [4.69, 9.17) is 4.74 Å². The van der Waals surface area contributed by atoms with Gasteiger partial charge in [-0.25, -0.2) is 0 Å². The van der Waals surface area contributed by atoms with E-state index in [-0.39, 0.29) is 41.3 Å². The molecule has 0 heterocycles. The van der Waals surface area contributed by atoms with E-state index in [2.05, 4.69) is 6.92 Å². The van der Waals surface area contributed by atoms with E-state index in [1.165, 1.54) is 6.92 Å². The predicted molar refractivity (Wildman–Crippen MR) is 110 cm³/mol. The minimum atomic E-state index is -1.18. The van der Waals surface area contributed by atoms with Crippen LogP contribution in [0.25, 0.3) is 0 Å². The van der Waals surface area contributed by atoms with Gasteiger partial charge in [0.15, 0.2) is 0 Å². The van der Waals surface area contributed by atoms with E-state index in [0.717, 1.165) is 38.5 Å². The van der Waals surface area contributed by atoms with Gasteiger partial charge in [-0.1, -0.05) is 13.8 Å². The Bertz CT molecular complexity index is 728. The average Bonchev–Trinajstić information content (AvgIpc) is 2.88. The first-order valence-electron chi connectivity index (χ1n) is 11.7. The minimum absolute atomic E-state index is 0.00719. The molecule has 2 N–H and O–H groups in total. The molecular weight excluding hydrogens is 386 g/mol. The van der Waals surface area contributed by atoms with Crippen molar-refractivity contribution in [3.8, 4) is 0 Å². The fourth-order valence-corrected chi connectivity index (χ4v) is 8.32. The molecule has 4 fully saturated rings. The van der Waals surface area contributed by atoms with Gasteiger partial charge in [0.2, 0.25) is 6.54 Å². The molecule has 7 nitrogen and oxygen atoms in total. The summed E-state index contributed by atoms with van der Waals surface area (Å²) in [7, 11) is 0.